The Hall–Kier alpha value is -1.74. The third-order valence-electron chi connectivity index (χ3n) is 5.04. The molecule has 25 heavy (non-hydrogen) atoms. The molecule has 1 saturated heterocycles. The summed E-state index contributed by atoms with van der Waals surface area (Å²) < 4.78 is 0.804. The summed E-state index contributed by atoms with van der Waals surface area (Å²) in [6.45, 7) is 2.15. The standard InChI is InChI=1S/C16H18N4O3S2/c1-2-24-16-19-18-15(25-16)17-10(21)5-6-20-13(22)11-8-3-4-9(7-8)12(11)14(20)23/h3-4,8-9,11-12H,2,5-7H2,1H3,(H,17,18,21). The Morgan fingerprint density at radius 3 is 2.60 bits per heavy atom. The van der Waals surface area contributed by atoms with E-state index in [1.807, 2.05) is 6.92 Å². The smallest absolute Gasteiger partial charge is 0.233 e. The lowest BCUT2D eigenvalue weighted by atomic mass is 9.85. The van der Waals surface area contributed by atoms with Crippen molar-refractivity contribution in [2.75, 3.05) is 17.6 Å². The van der Waals surface area contributed by atoms with Gasteiger partial charge >= 0.3 is 0 Å². The fourth-order valence-electron chi connectivity index (χ4n) is 4.02. The van der Waals surface area contributed by atoms with E-state index in [-0.39, 0.29) is 54.4 Å². The molecule has 1 saturated carbocycles. The van der Waals surface area contributed by atoms with Crippen LogP contribution in [-0.2, 0) is 14.4 Å². The number of imide groups is 1. The van der Waals surface area contributed by atoms with Crippen molar-refractivity contribution in [3.63, 3.8) is 0 Å². The Bertz CT molecular complexity index is 732. The Labute approximate surface area is 153 Å². The summed E-state index contributed by atoms with van der Waals surface area (Å²) in [4.78, 5) is 38.5. The maximum Gasteiger partial charge on any atom is 0.233 e. The van der Waals surface area contributed by atoms with Crippen molar-refractivity contribution in [3.05, 3.63) is 12.2 Å². The summed E-state index contributed by atoms with van der Waals surface area (Å²) in [5.41, 5.74) is 0. The van der Waals surface area contributed by atoms with Crippen LogP contribution >= 0.6 is 23.1 Å². The molecule has 9 heteroatoms. The maximum absolute atomic E-state index is 12.5. The summed E-state index contributed by atoms with van der Waals surface area (Å²) in [5, 5.41) is 11.0. The van der Waals surface area contributed by atoms with Crippen molar-refractivity contribution in [2.24, 2.45) is 23.7 Å². The molecule has 1 N–H and O–H groups in total. The topological polar surface area (TPSA) is 92.3 Å². The number of hydrogen-bond donors (Lipinski definition) is 1. The minimum Gasteiger partial charge on any atom is -0.300 e. The van der Waals surface area contributed by atoms with E-state index in [2.05, 4.69) is 27.7 Å². The summed E-state index contributed by atoms with van der Waals surface area (Å²) >= 11 is 2.88. The van der Waals surface area contributed by atoms with Crippen molar-refractivity contribution in [1.29, 1.82) is 0 Å². The van der Waals surface area contributed by atoms with Gasteiger partial charge in [-0.15, -0.1) is 10.2 Å². The van der Waals surface area contributed by atoms with E-state index in [1.54, 1.807) is 11.8 Å². The summed E-state index contributed by atoms with van der Waals surface area (Å²) in [5.74, 6) is 0.380. The number of rotatable bonds is 6. The van der Waals surface area contributed by atoms with Crippen molar-refractivity contribution in [2.45, 2.75) is 24.1 Å². The van der Waals surface area contributed by atoms with Crippen LogP contribution in [0.1, 0.15) is 19.8 Å². The number of carbonyl (C=O) groups is 3. The summed E-state index contributed by atoms with van der Waals surface area (Å²) in [7, 11) is 0. The van der Waals surface area contributed by atoms with Crippen molar-refractivity contribution < 1.29 is 14.4 Å². The zero-order valence-corrected chi connectivity index (χ0v) is 15.3. The first-order valence-corrected chi connectivity index (χ1v) is 10.2. The molecular weight excluding hydrogens is 360 g/mol. The van der Waals surface area contributed by atoms with Gasteiger partial charge in [0.2, 0.25) is 22.9 Å². The highest BCUT2D eigenvalue weighted by molar-refractivity contribution is 8.01. The number of hydrogen-bond acceptors (Lipinski definition) is 7. The second-order valence-electron chi connectivity index (χ2n) is 6.43. The van der Waals surface area contributed by atoms with Gasteiger partial charge in [0.05, 0.1) is 11.8 Å². The van der Waals surface area contributed by atoms with E-state index in [0.29, 0.717) is 5.13 Å². The summed E-state index contributed by atoms with van der Waals surface area (Å²) in [6.07, 6.45) is 5.12. The molecule has 1 aliphatic heterocycles. The molecule has 2 aliphatic carbocycles. The number of nitrogens with one attached hydrogen (secondary N) is 1. The molecule has 0 radical (unpaired) electrons. The molecule has 2 heterocycles. The Kier molecular flexibility index (Phi) is 4.36. The van der Waals surface area contributed by atoms with Gasteiger partial charge < -0.3 is 5.32 Å². The van der Waals surface area contributed by atoms with Gasteiger partial charge in [-0.05, 0) is 24.0 Å². The maximum atomic E-state index is 12.5. The average molecular weight is 378 g/mol. The van der Waals surface area contributed by atoms with Gasteiger partial charge in [-0.3, -0.25) is 19.3 Å². The predicted octanol–water partition coefficient (Wildman–Crippen LogP) is 1.79. The van der Waals surface area contributed by atoms with Gasteiger partial charge in [0.25, 0.3) is 0 Å². The van der Waals surface area contributed by atoms with Gasteiger partial charge in [0, 0.05) is 13.0 Å². The number of nitrogens with zero attached hydrogens (tertiary/aromatic N) is 3. The highest BCUT2D eigenvalue weighted by Gasteiger charge is 2.58. The Balaban J connectivity index is 1.33. The van der Waals surface area contributed by atoms with E-state index >= 15 is 0 Å². The Morgan fingerprint density at radius 2 is 1.96 bits per heavy atom. The molecule has 4 atom stereocenters. The quantitative estimate of drug-likeness (QED) is 0.351. The van der Waals surface area contributed by atoms with E-state index in [1.165, 1.54) is 16.2 Å². The zero-order chi connectivity index (χ0) is 17.6. The number of fused-ring (bicyclic) bond motifs is 5. The lowest BCUT2D eigenvalue weighted by molar-refractivity contribution is -0.140. The van der Waals surface area contributed by atoms with Crippen LogP contribution in [-0.4, -0.2) is 45.1 Å². The van der Waals surface area contributed by atoms with Crippen LogP contribution in [0.15, 0.2) is 16.5 Å². The second-order valence-corrected chi connectivity index (χ2v) is 8.92. The van der Waals surface area contributed by atoms with E-state index in [9.17, 15) is 14.4 Å². The molecule has 2 fully saturated rings. The fourth-order valence-corrected chi connectivity index (χ4v) is 5.69. The van der Waals surface area contributed by atoms with E-state index < -0.39 is 0 Å². The highest BCUT2D eigenvalue weighted by atomic mass is 32.2. The minimum absolute atomic E-state index is 0.0789. The molecule has 132 valence electrons. The lowest BCUT2D eigenvalue weighted by Crippen LogP contribution is -2.35. The van der Waals surface area contributed by atoms with Crippen LogP contribution in [0.2, 0.25) is 0 Å². The van der Waals surface area contributed by atoms with Crippen molar-refractivity contribution in [1.82, 2.24) is 15.1 Å². The molecule has 4 unspecified atom stereocenters. The van der Waals surface area contributed by atoms with Gasteiger partial charge in [-0.2, -0.15) is 0 Å². The van der Waals surface area contributed by atoms with E-state index in [4.69, 9.17) is 0 Å². The van der Waals surface area contributed by atoms with Gasteiger partial charge in [-0.25, -0.2) is 0 Å². The van der Waals surface area contributed by atoms with Gasteiger partial charge in [0.1, 0.15) is 0 Å². The first-order valence-electron chi connectivity index (χ1n) is 8.38. The SMILES string of the molecule is CCSc1nnc(NC(=O)CCN2C(=O)C3C4C=CC(C4)C3C2=O)s1. The van der Waals surface area contributed by atoms with Crippen LogP contribution in [0.25, 0.3) is 0 Å². The fraction of sp³-hybridized carbons (Fsp3) is 0.562. The molecule has 4 rings (SSSR count). The first-order chi connectivity index (χ1) is 12.1. The van der Waals surface area contributed by atoms with Crippen LogP contribution in [0.5, 0.6) is 0 Å². The molecule has 0 spiro atoms. The normalized spacial score (nSPS) is 29.6. The largest absolute Gasteiger partial charge is 0.300 e. The molecule has 3 aliphatic rings. The Morgan fingerprint density at radius 1 is 1.28 bits per heavy atom. The number of aromatic nitrogens is 2. The third kappa shape index (κ3) is 2.89. The lowest BCUT2D eigenvalue weighted by Gasteiger charge is -2.16. The number of thioether (sulfide) groups is 1. The summed E-state index contributed by atoms with van der Waals surface area (Å²) in [6, 6.07) is 0. The first kappa shape index (κ1) is 16.7. The van der Waals surface area contributed by atoms with Crippen molar-refractivity contribution >= 4 is 46.0 Å². The van der Waals surface area contributed by atoms with E-state index in [0.717, 1.165) is 16.5 Å². The van der Waals surface area contributed by atoms with Crippen LogP contribution in [0, 0.1) is 23.7 Å². The van der Waals surface area contributed by atoms with Crippen LogP contribution in [0.4, 0.5) is 5.13 Å². The molecule has 0 aromatic carbocycles. The molecule has 7 nitrogen and oxygen atoms in total. The van der Waals surface area contributed by atoms with Crippen molar-refractivity contribution in [3.8, 4) is 0 Å². The number of carbonyl (C=O) groups excluding carboxylic acids is 3. The monoisotopic (exact) mass is 378 g/mol. The molecule has 1 aromatic rings. The van der Waals surface area contributed by atoms with Crippen LogP contribution < -0.4 is 5.32 Å². The highest BCUT2D eigenvalue weighted by Crippen LogP contribution is 2.52. The number of amides is 3. The second kappa shape index (κ2) is 6.53. The molecule has 2 bridgehead atoms. The number of anilines is 1. The zero-order valence-electron chi connectivity index (χ0n) is 13.7. The van der Waals surface area contributed by atoms with Gasteiger partial charge in [0.15, 0.2) is 4.34 Å². The third-order valence-corrected chi connectivity index (χ3v) is 6.90. The minimum atomic E-state index is -0.261. The van der Waals surface area contributed by atoms with Crippen LogP contribution in [0.3, 0.4) is 0 Å². The predicted molar refractivity (Wildman–Crippen MR) is 94.0 cm³/mol. The number of likely N-dealkylation sites (tertiary alicyclic amines) is 1. The molecule has 1 aromatic heterocycles. The molecular formula is C16H18N4O3S2. The average Bonchev–Trinajstić information content (AvgIpc) is 3.33. The molecule has 3 amide bonds. The van der Waals surface area contributed by atoms with Gasteiger partial charge in [-0.1, -0.05) is 42.2 Å². The number of allylic oxidation sites excluding steroid dienone is 2.